The van der Waals surface area contributed by atoms with Gasteiger partial charge in [0.2, 0.25) is 0 Å². The van der Waals surface area contributed by atoms with Gasteiger partial charge in [-0.25, -0.2) is 20.0 Å². The SMILES string of the molecule is NC(=O)Nn1c(-c2c(-c3ccc(Cl)cc3Cl)nn(C(N)=O)c2N)nc2ccccc2c1=O. The molecule has 2 heterocycles. The quantitative estimate of drug-likeness (QED) is 0.355. The predicted molar refractivity (Wildman–Crippen MR) is 121 cm³/mol. The number of halogens is 2. The van der Waals surface area contributed by atoms with Crippen LogP contribution in [0, 0.1) is 0 Å². The van der Waals surface area contributed by atoms with Gasteiger partial charge in [-0.2, -0.15) is 14.5 Å². The molecule has 7 N–H and O–H groups in total. The number of carbonyl (C=O) groups excluding carboxylic acids is 2. The van der Waals surface area contributed by atoms with Crippen molar-refractivity contribution in [3.63, 3.8) is 0 Å². The monoisotopic (exact) mass is 472 g/mol. The van der Waals surface area contributed by atoms with E-state index in [1.54, 1.807) is 30.3 Å². The Kier molecular flexibility index (Phi) is 5.20. The van der Waals surface area contributed by atoms with Crippen LogP contribution in [0.4, 0.5) is 15.4 Å². The molecular weight excluding hydrogens is 459 g/mol. The molecule has 0 aliphatic heterocycles. The molecule has 2 aromatic heterocycles. The number of aromatic nitrogens is 4. The maximum Gasteiger partial charge on any atom is 0.341 e. The summed E-state index contributed by atoms with van der Waals surface area (Å²) in [5.74, 6) is -0.376. The van der Waals surface area contributed by atoms with E-state index in [4.69, 9.17) is 40.4 Å². The van der Waals surface area contributed by atoms with Gasteiger partial charge in [0.05, 0.1) is 21.5 Å². The van der Waals surface area contributed by atoms with Crippen LogP contribution in [0.3, 0.4) is 0 Å². The summed E-state index contributed by atoms with van der Waals surface area (Å²) < 4.78 is 1.54. The number of fused-ring (bicyclic) bond motifs is 1. The molecule has 162 valence electrons. The zero-order valence-corrected chi connectivity index (χ0v) is 17.6. The first-order valence-electron chi connectivity index (χ1n) is 8.91. The molecule has 11 nitrogen and oxygen atoms in total. The molecule has 32 heavy (non-hydrogen) atoms. The fraction of sp³-hybridized carbons (Fsp3) is 0. The van der Waals surface area contributed by atoms with Crippen LogP contribution in [0.5, 0.6) is 0 Å². The van der Waals surface area contributed by atoms with E-state index in [2.05, 4.69) is 15.5 Å². The van der Waals surface area contributed by atoms with Crippen LogP contribution >= 0.6 is 23.2 Å². The summed E-state index contributed by atoms with van der Waals surface area (Å²) in [6.45, 7) is 0. The first kappa shape index (κ1) is 21.2. The second-order valence-electron chi connectivity index (χ2n) is 6.55. The van der Waals surface area contributed by atoms with Gasteiger partial charge in [0.25, 0.3) is 5.56 Å². The molecule has 0 saturated carbocycles. The number of rotatable bonds is 3. The highest BCUT2D eigenvalue weighted by Gasteiger charge is 2.27. The van der Waals surface area contributed by atoms with Crippen molar-refractivity contribution in [1.29, 1.82) is 0 Å². The lowest BCUT2D eigenvalue weighted by atomic mass is 10.1. The van der Waals surface area contributed by atoms with Gasteiger partial charge < -0.3 is 17.2 Å². The fourth-order valence-corrected chi connectivity index (χ4v) is 3.70. The second kappa shape index (κ2) is 7.87. The van der Waals surface area contributed by atoms with Crippen molar-refractivity contribution >= 4 is 52.0 Å². The van der Waals surface area contributed by atoms with Crippen molar-refractivity contribution in [3.8, 4) is 22.6 Å². The maximum atomic E-state index is 13.1. The van der Waals surface area contributed by atoms with E-state index in [1.807, 2.05) is 0 Å². The highest BCUT2D eigenvalue weighted by Crippen LogP contribution is 2.39. The van der Waals surface area contributed by atoms with Crippen molar-refractivity contribution in [1.82, 2.24) is 19.4 Å². The number of carbonyl (C=O) groups is 2. The van der Waals surface area contributed by atoms with Gasteiger partial charge in [-0.15, -0.1) is 0 Å². The Morgan fingerprint density at radius 1 is 1.06 bits per heavy atom. The Labute approximate surface area is 189 Å². The highest BCUT2D eigenvalue weighted by atomic mass is 35.5. The van der Waals surface area contributed by atoms with E-state index >= 15 is 0 Å². The van der Waals surface area contributed by atoms with E-state index < -0.39 is 17.6 Å². The van der Waals surface area contributed by atoms with Crippen molar-refractivity contribution in [2.75, 3.05) is 11.2 Å². The number of amides is 3. The van der Waals surface area contributed by atoms with Crippen molar-refractivity contribution in [2.45, 2.75) is 0 Å². The smallest absolute Gasteiger partial charge is 0.341 e. The predicted octanol–water partition coefficient (Wildman–Crippen LogP) is 2.37. The standard InChI is InChI=1S/C19H14Cl2N8O3/c20-8-5-6-9(11(21)7-8)14-13(15(22)28(26-14)19(24)32)16-25-12-4-2-1-3-10(12)17(30)29(16)27-18(23)31/h1-7H,22H2,(H2,24,32)(H3,23,27,31). The molecule has 4 aromatic rings. The minimum atomic E-state index is -1.03. The number of para-hydroxylation sites is 1. The number of nitrogens with two attached hydrogens (primary N) is 3. The minimum Gasteiger partial charge on any atom is -0.383 e. The Balaban J connectivity index is 2.15. The third-order valence-corrected chi connectivity index (χ3v) is 5.09. The largest absolute Gasteiger partial charge is 0.383 e. The molecule has 3 amide bonds. The first-order chi connectivity index (χ1) is 15.2. The normalized spacial score (nSPS) is 10.9. The summed E-state index contributed by atoms with van der Waals surface area (Å²) in [6, 6.07) is 8.98. The molecule has 0 radical (unpaired) electrons. The zero-order valence-electron chi connectivity index (χ0n) is 16.0. The summed E-state index contributed by atoms with van der Waals surface area (Å²) in [5.41, 5.74) is 19.1. The molecule has 2 aromatic carbocycles. The van der Waals surface area contributed by atoms with E-state index in [-0.39, 0.29) is 33.3 Å². The van der Waals surface area contributed by atoms with Gasteiger partial charge >= 0.3 is 12.1 Å². The van der Waals surface area contributed by atoms with E-state index in [0.717, 1.165) is 9.36 Å². The van der Waals surface area contributed by atoms with Crippen LogP contribution in [0.15, 0.2) is 47.3 Å². The highest BCUT2D eigenvalue weighted by molar-refractivity contribution is 6.36. The van der Waals surface area contributed by atoms with Crippen molar-refractivity contribution < 1.29 is 9.59 Å². The lowest BCUT2D eigenvalue weighted by Gasteiger charge is -2.14. The van der Waals surface area contributed by atoms with Gasteiger partial charge in [0, 0.05) is 10.6 Å². The number of anilines is 1. The summed E-state index contributed by atoms with van der Waals surface area (Å²) in [4.78, 5) is 41.2. The average molecular weight is 473 g/mol. The average Bonchev–Trinajstić information content (AvgIpc) is 3.07. The van der Waals surface area contributed by atoms with Crippen LogP contribution in [0.25, 0.3) is 33.5 Å². The van der Waals surface area contributed by atoms with E-state index in [1.165, 1.54) is 12.1 Å². The van der Waals surface area contributed by atoms with Crippen LogP contribution in [-0.4, -0.2) is 31.5 Å². The fourth-order valence-electron chi connectivity index (χ4n) is 3.20. The number of nitrogens with one attached hydrogen (secondary N) is 1. The Morgan fingerprint density at radius 2 is 1.78 bits per heavy atom. The summed E-state index contributed by atoms with van der Waals surface area (Å²) in [5, 5.41) is 4.92. The van der Waals surface area contributed by atoms with Crippen LogP contribution in [0.2, 0.25) is 10.0 Å². The molecule has 0 aliphatic rings. The van der Waals surface area contributed by atoms with Crippen LogP contribution < -0.4 is 28.2 Å². The van der Waals surface area contributed by atoms with E-state index in [9.17, 15) is 14.4 Å². The molecule has 0 fully saturated rings. The van der Waals surface area contributed by atoms with Crippen molar-refractivity contribution in [3.05, 3.63) is 62.9 Å². The summed E-state index contributed by atoms with van der Waals surface area (Å²) in [6.07, 6.45) is 0. The number of benzene rings is 2. The number of hydrogen-bond donors (Lipinski definition) is 4. The van der Waals surface area contributed by atoms with Gasteiger partial charge in [-0.05, 0) is 30.3 Å². The van der Waals surface area contributed by atoms with Crippen molar-refractivity contribution in [2.24, 2.45) is 11.5 Å². The van der Waals surface area contributed by atoms with E-state index in [0.29, 0.717) is 16.1 Å². The molecular formula is C19H14Cl2N8O3. The Hall–Kier alpha value is -4.09. The lowest BCUT2D eigenvalue weighted by molar-refractivity contribution is 0.248. The molecule has 0 atom stereocenters. The molecule has 13 heteroatoms. The third kappa shape index (κ3) is 3.49. The first-order valence-corrected chi connectivity index (χ1v) is 9.67. The number of nitrogens with zero attached hydrogens (tertiary/aromatic N) is 4. The Bertz CT molecular complexity index is 1480. The number of hydrogen-bond acceptors (Lipinski definition) is 6. The number of nitrogen functional groups attached to an aromatic ring is 1. The van der Waals surface area contributed by atoms with Gasteiger partial charge in [-0.3, -0.25) is 4.79 Å². The number of primary amides is 2. The van der Waals surface area contributed by atoms with Gasteiger partial charge in [0.15, 0.2) is 5.82 Å². The van der Waals surface area contributed by atoms with Gasteiger partial charge in [-0.1, -0.05) is 35.3 Å². The molecule has 4 rings (SSSR count). The Morgan fingerprint density at radius 3 is 2.44 bits per heavy atom. The third-order valence-electron chi connectivity index (χ3n) is 4.54. The summed E-state index contributed by atoms with van der Waals surface area (Å²) >= 11 is 12.3. The molecule has 0 unspecified atom stereocenters. The minimum absolute atomic E-state index is 0.0182. The summed E-state index contributed by atoms with van der Waals surface area (Å²) in [7, 11) is 0. The molecule has 0 bridgehead atoms. The van der Waals surface area contributed by atoms with Gasteiger partial charge in [0.1, 0.15) is 11.5 Å². The molecule has 0 spiro atoms. The van der Waals surface area contributed by atoms with Crippen LogP contribution in [0.1, 0.15) is 0 Å². The number of urea groups is 1. The van der Waals surface area contributed by atoms with Crippen LogP contribution in [-0.2, 0) is 0 Å². The lowest BCUT2D eigenvalue weighted by Crippen LogP contribution is -2.38. The zero-order chi connectivity index (χ0) is 23.2. The second-order valence-corrected chi connectivity index (χ2v) is 7.40. The molecule has 0 aliphatic carbocycles. The topological polar surface area (TPSA) is 177 Å². The molecule has 0 saturated heterocycles. The maximum absolute atomic E-state index is 13.1.